The summed E-state index contributed by atoms with van der Waals surface area (Å²) in [6, 6.07) is 0. The van der Waals surface area contributed by atoms with E-state index in [2.05, 4.69) is 0 Å². The smallest absolute Gasteiger partial charge is 0.258 e. The molecule has 3 aliphatic rings. The van der Waals surface area contributed by atoms with E-state index in [0.29, 0.717) is 0 Å². The molecule has 0 N–H and O–H groups in total. The molecule has 2 unspecified atom stereocenters. The molecule has 3 rings (SSSR count). The van der Waals surface area contributed by atoms with Crippen LogP contribution in [0.4, 0.5) is 0 Å². The van der Waals surface area contributed by atoms with Crippen molar-refractivity contribution in [1.82, 2.24) is 0 Å². The van der Waals surface area contributed by atoms with Crippen LogP contribution in [-0.4, -0.2) is 23.1 Å². The molecule has 19 heavy (non-hydrogen) atoms. The minimum atomic E-state index is -1.17. The van der Waals surface area contributed by atoms with E-state index in [4.69, 9.17) is 29.0 Å². The minimum absolute atomic E-state index is 0.671. The largest absolute Gasteiger partial charge is 0.308 e. The Morgan fingerprint density at radius 3 is 1.79 bits per heavy atom. The maximum atomic E-state index is 6.08. The van der Waals surface area contributed by atoms with E-state index in [0.717, 1.165) is 25.7 Å². The average molecular weight is 274 g/mol. The summed E-state index contributed by atoms with van der Waals surface area (Å²) < 4.78 is 11.9. The van der Waals surface area contributed by atoms with Gasteiger partial charge < -0.3 is 9.47 Å². The molecule has 0 aromatic carbocycles. The van der Waals surface area contributed by atoms with Crippen LogP contribution in [0.2, 0.25) is 0 Å². The Labute approximate surface area is 113 Å². The number of rotatable bonds is 1. The van der Waals surface area contributed by atoms with Crippen LogP contribution in [0.3, 0.4) is 0 Å². The van der Waals surface area contributed by atoms with Crippen LogP contribution in [0.5, 0.6) is 0 Å². The second kappa shape index (κ2) is 4.13. The molecule has 2 saturated heterocycles. The van der Waals surface area contributed by atoms with Crippen molar-refractivity contribution in [1.29, 1.82) is 0 Å². The molecular formula is C13H22O6. The summed E-state index contributed by atoms with van der Waals surface area (Å²) in [6.07, 6.45) is 4.98. The van der Waals surface area contributed by atoms with Crippen LogP contribution in [0.15, 0.2) is 0 Å². The van der Waals surface area contributed by atoms with E-state index in [9.17, 15) is 0 Å². The molecule has 6 nitrogen and oxygen atoms in total. The van der Waals surface area contributed by atoms with Crippen LogP contribution in [-0.2, 0) is 29.0 Å². The maximum absolute atomic E-state index is 6.08. The predicted molar refractivity (Wildman–Crippen MR) is 63.2 cm³/mol. The van der Waals surface area contributed by atoms with Gasteiger partial charge in [-0.3, -0.25) is 0 Å². The van der Waals surface area contributed by atoms with Crippen molar-refractivity contribution in [2.75, 3.05) is 0 Å². The molecule has 1 saturated carbocycles. The van der Waals surface area contributed by atoms with Crippen LogP contribution in [0, 0.1) is 0 Å². The average Bonchev–Trinajstić information content (AvgIpc) is 2.81. The van der Waals surface area contributed by atoms with Gasteiger partial charge in [0.15, 0.2) is 5.79 Å². The Kier molecular flexibility index (Phi) is 2.98. The first kappa shape index (κ1) is 13.7. The lowest BCUT2D eigenvalue weighted by Gasteiger charge is -2.36. The molecule has 2 aliphatic heterocycles. The van der Waals surface area contributed by atoms with Crippen molar-refractivity contribution < 1.29 is 29.0 Å². The van der Waals surface area contributed by atoms with Crippen molar-refractivity contribution >= 4 is 0 Å². The number of hydrogen-bond donors (Lipinski definition) is 0. The van der Waals surface area contributed by atoms with E-state index >= 15 is 0 Å². The summed E-state index contributed by atoms with van der Waals surface area (Å²) in [4.78, 5) is 21.5. The fourth-order valence-electron chi connectivity index (χ4n) is 2.84. The van der Waals surface area contributed by atoms with Gasteiger partial charge in [-0.1, -0.05) is 6.42 Å². The maximum Gasteiger partial charge on any atom is 0.258 e. The van der Waals surface area contributed by atoms with Gasteiger partial charge in [0, 0.05) is 12.8 Å². The number of ether oxygens (including phenoxy) is 2. The quantitative estimate of drug-likeness (QED) is 0.685. The van der Waals surface area contributed by atoms with Crippen LogP contribution in [0.25, 0.3) is 0 Å². The van der Waals surface area contributed by atoms with Gasteiger partial charge in [0.2, 0.25) is 5.79 Å². The summed E-state index contributed by atoms with van der Waals surface area (Å²) in [7, 11) is 0. The molecule has 2 heterocycles. The van der Waals surface area contributed by atoms with Gasteiger partial charge in [0.1, 0.15) is 0 Å². The normalized spacial score (nSPS) is 44.8. The highest BCUT2D eigenvalue weighted by molar-refractivity contribution is 4.90. The lowest BCUT2D eigenvalue weighted by Crippen LogP contribution is -2.54. The zero-order chi connectivity index (χ0) is 13.8. The molecule has 0 aromatic heterocycles. The molecular weight excluding hydrogens is 252 g/mol. The molecule has 6 heteroatoms. The second-order valence-electron chi connectivity index (χ2n) is 6.30. The molecule has 2 atom stereocenters. The predicted octanol–water partition coefficient (Wildman–Crippen LogP) is 2.77. The van der Waals surface area contributed by atoms with Crippen molar-refractivity contribution in [2.45, 2.75) is 82.9 Å². The third kappa shape index (κ3) is 2.20. The molecule has 0 aromatic rings. The Hall–Kier alpha value is -0.240. The lowest BCUT2D eigenvalue weighted by atomic mass is 9.94. The fourth-order valence-corrected chi connectivity index (χ4v) is 2.84. The van der Waals surface area contributed by atoms with Crippen molar-refractivity contribution in [3.63, 3.8) is 0 Å². The van der Waals surface area contributed by atoms with Gasteiger partial charge >= 0.3 is 0 Å². The highest BCUT2D eigenvalue weighted by atomic mass is 17.3. The van der Waals surface area contributed by atoms with Gasteiger partial charge in [-0.2, -0.15) is 19.6 Å². The van der Waals surface area contributed by atoms with Crippen molar-refractivity contribution in [3.8, 4) is 0 Å². The Balaban J connectivity index is 1.78. The van der Waals surface area contributed by atoms with Gasteiger partial charge in [0.05, 0.1) is 0 Å². The van der Waals surface area contributed by atoms with E-state index in [-0.39, 0.29) is 0 Å². The highest BCUT2D eigenvalue weighted by Gasteiger charge is 2.66. The summed E-state index contributed by atoms with van der Waals surface area (Å²) >= 11 is 0. The topological polar surface area (TPSA) is 55.4 Å². The molecule has 1 aliphatic carbocycles. The molecule has 0 bridgehead atoms. The Morgan fingerprint density at radius 1 is 0.632 bits per heavy atom. The zero-order valence-electron chi connectivity index (χ0n) is 12.0. The van der Waals surface area contributed by atoms with Crippen molar-refractivity contribution in [3.05, 3.63) is 0 Å². The van der Waals surface area contributed by atoms with Gasteiger partial charge in [0.25, 0.3) is 11.6 Å². The molecule has 0 radical (unpaired) electrons. The van der Waals surface area contributed by atoms with E-state index < -0.39 is 23.1 Å². The summed E-state index contributed by atoms with van der Waals surface area (Å²) in [5, 5.41) is 0. The Morgan fingerprint density at radius 2 is 1.21 bits per heavy atom. The number of hydrogen-bond acceptors (Lipinski definition) is 6. The van der Waals surface area contributed by atoms with Crippen LogP contribution in [0.1, 0.15) is 59.8 Å². The minimum Gasteiger partial charge on any atom is -0.308 e. The van der Waals surface area contributed by atoms with Gasteiger partial charge in [-0.15, -0.1) is 0 Å². The summed E-state index contributed by atoms with van der Waals surface area (Å²) in [6.45, 7) is 7.02. The molecule has 0 amide bonds. The first-order valence-corrected chi connectivity index (χ1v) is 6.92. The zero-order valence-corrected chi connectivity index (χ0v) is 12.0. The summed E-state index contributed by atoms with van der Waals surface area (Å²) in [5.74, 6) is -3.84. The first-order chi connectivity index (χ1) is 8.79. The van der Waals surface area contributed by atoms with Crippen LogP contribution >= 0.6 is 0 Å². The monoisotopic (exact) mass is 274 g/mol. The SMILES string of the molecule is CC1(C)OOC(C)(C2(C)OOC3(CCCCC3)O2)O1. The van der Waals surface area contributed by atoms with Crippen LogP contribution < -0.4 is 0 Å². The summed E-state index contributed by atoms with van der Waals surface area (Å²) in [5.41, 5.74) is 0. The highest BCUT2D eigenvalue weighted by Crippen LogP contribution is 2.50. The van der Waals surface area contributed by atoms with Gasteiger partial charge in [-0.25, -0.2) is 0 Å². The molecule has 1 spiro atoms. The van der Waals surface area contributed by atoms with E-state index in [1.165, 1.54) is 6.42 Å². The standard InChI is InChI=1S/C13H22O6/c1-10(2)14-11(3,17-16-10)12(4)15-13(19-18-12)8-6-5-7-9-13/h5-9H2,1-4H3. The van der Waals surface area contributed by atoms with E-state index in [1.807, 2.05) is 0 Å². The van der Waals surface area contributed by atoms with Gasteiger partial charge in [-0.05, 0) is 40.5 Å². The molecule has 110 valence electrons. The second-order valence-corrected chi connectivity index (χ2v) is 6.30. The van der Waals surface area contributed by atoms with E-state index in [1.54, 1.807) is 27.7 Å². The molecule has 3 fully saturated rings. The third-order valence-electron chi connectivity index (χ3n) is 4.02. The Bertz CT molecular complexity index is 364. The lowest BCUT2D eigenvalue weighted by molar-refractivity contribution is -0.437. The first-order valence-electron chi connectivity index (χ1n) is 6.92. The van der Waals surface area contributed by atoms with Crippen molar-refractivity contribution in [2.24, 2.45) is 0 Å². The fraction of sp³-hybridized carbons (Fsp3) is 1.00. The third-order valence-corrected chi connectivity index (χ3v) is 4.02.